The molecule has 1 N–H and O–H groups in total. The third kappa shape index (κ3) is 4.38. The molecule has 0 saturated heterocycles. The fraction of sp³-hybridized carbons (Fsp3) is 0.438. The summed E-state index contributed by atoms with van der Waals surface area (Å²) in [6, 6.07) is 12.2. The highest BCUT2D eigenvalue weighted by Crippen LogP contribution is 2.16. The number of aromatic nitrogens is 2. The number of benzene rings is 1. The van der Waals surface area contributed by atoms with Crippen molar-refractivity contribution in [3.8, 4) is 5.75 Å². The van der Waals surface area contributed by atoms with Crippen molar-refractivity contribution in [2.75, 3.05) is 13.2 Å². The Balaban J connectivity index is 1.87. The number of hydrogen-bond acceptors (Lipinski definition) is 3. The molecule has 1 unspecified atom stereocenters. The van der Waals surface area contributed by atoms with Crippen LogP contribution < -0.4 is 10.1 Å². The van der Waals surface area contributed by atoms with Crippen LogP contribution in [0.2, 0.25) is 0 Å². The Bertz CT molecular complexity index is 495. The molecular weight excluding hydrogens is 250 g/mol. The van der Waals surface area contributed by atoms with Crippen molar-refractivity contribution in [2.45, 2.75) is 25.8 Å². The van der Waals surface area contributed by atoms with Gasteiger partial charge >= 0.3 is 0 Å². The summed E-state index contributed by atoms with van der Waals surface area (Å²) in [5.41, 5.74) is 1.08. The van der Waals surface area contributed by atoms with Crippen LogP contribution in [0.25, 0.3) is 0 Å². The number of hydrogen-bond donors (Lipinski definition) is 1. The lowest BCUT2D eigenvalue weighted by atomic mass is 10.1. The average Bonchev–Trinajstić information content (AvgIpc) is 2.90. The standard InChI is InChI=1S/C16H23N3O/c1-3-11-17-15(16-9-12-19(2)18-16)10-13-20-14-7-5-4-6-8-14/h4-9,12,15,17H,3,10-11,13H2,1-2H3. The molecule has 1 atom stereocenters. The number of nitrogens with one attached hydrogen (secondary N) is 1. The van der Waals surface area contributed by atoms with Gasteiger partial charge in [0.2, 0.25) is 0 Å². The van der Waals surface area contributed by atoms with E-state index in [1.807, 2.05) is 48.3 Å². The largest absolute Gasteiger partial charge is 0.494 e. The minimum absolute atomic E-state index is 0.250. The highest BCUT2D eigenvalue weighted by molar-refractivity contribution is 5.20. The predicted octanol–water partition coefficient (Wildman–Crippen LogP) is 2.93. The fourth-order valence-corrected chi connectivity index (χ4v) is 2.10. The van der Waals surface area contributed by atoms with E-state index in [0.29, 0.717) is 6.61 Å². The first-order valence-corrected chi connectivity index (χ1v) is 7.20. The highest BCUT2D eigenvalue weighted by Gasteiger charge is 2.13. The van der Waals surface area contributed by atoms with Crippen molar-refractivity contribution in [3.05, 3.63) is 48.3 Å². The van der Waals surface area contributed by atoms with Crippen molar-refractivity contribution in [2.24, 2.45) is 7.05 Å². The smallest absolute Gasteiger partial charge is 0.119 e. The van der Waals surface area contributed by atoms with Crippen molar-refractivity contribution < 1.29 is 4.74 Å². The van der Waals surface area contributed by atoms with Crippen LogP contribution >= 0.6 is 0 Å². The quantitative estimate of drug-likeness (QED) is 0.803. The first-order chi connectivity index (χ1) is 9.79. The monoisotopic (exact) mass is 273 g/mol. The highest BCUT2D eigenvalue weighted by atomic mass is 16.5. The summed E-state index contributed by atoms with van der Waals surface area (Å²) in [4.78, 5) is 0. The van der Waals surface area contributed by atoms with E-state index in [0.717, 1.165) is 30.8 Å². The minimum atomic E-state index is 0.250. The van der Waals surface area contributed by atoms with E-state index >= 15 is 0 Å². The van der Waals surface area contributed by atoms with Crippen LogP contribution in [0.1, 0.15) is 31.5 Å². The van der Waals surface area contributed by atoms with E-state index in [9.17, 15) is 0 Å². The maximum atomic E-state index is 5.77. The maximum Gasteiger partial charge on any atom is 0.119 e. The molecule has 1 heterocycles. The summed E-state index contributed by atoms with van der Waals surface area (Å²) in [6.07, 6.45) is 4.00. The zero-order valence-electron chi connectivity index (χ0n) is 12.2. The van der Waals surface area contributed by atoms with E-state index in [-0.39, 0.29) is 6.04 Å². The zero-order chi connectivity index (χ0) is 14.2. The Morgan fingerprint density at radius 2 is 2.05 bits per heavy atom. The number of nitrogens with zero attached hydrogens (tertiary/aromatic N) is 2. The Hall–Kier alpha value is -1.81. The summed E-state index contributed by atoms with van der Waals surface area (Å²) in [7, 11) is 1.95. The lowest BCUT2D eigenvalue weighted by molar-refractivity contribution is 0.284. The molecule has 0 radical (unpaired) electrons. The zero-order valence-corrected chi connectivity index (χ0v) is 12.2. The van der Waals surface area contributed by atoms with Crippen molar-refractivity contribution in [1.29, 1.82) is 0 Å². The molecule has 0 aliphatic carbocycles. The lowest BCUT2D eigenvalue weighted by Gasteiger charge is -2.16. The van der Waals surface area contributed by atoms with Gasteiger partial charge in [-0.05, 0) is 31.2 Å². The van der Waals surface area contributed by atoms with Gasteiger partial charge in [0.1, 0.15) is 5.75 Å². The second kappa shape index (κ2) is 7.70. The van der Waals surface area contributed by atoms with Crippen molar-refractivity contribution >= 4 is 0 Å². The molecule has 2 rings (SSSR count). The van der Waals surface area contributed by atoms with Crippen molar-refractivity contribution in [1.82, 2.24) is 15.1 Å². The first kappa shape index (κ1) is 14.6. The minimum Gasteiger partial charge on any atom is -0.494 e. The topological polar surface area (TPSA) is 39.1 Å². The maximum absolute atomic E-state index is 5.77. The van der Waals surface area contributed by atoms with Gasteiger partial charge in [-0.15, -0.1) is 0 Å². The molecule has 0 aliphatic heterocycles. The van der Waals surface area contributed by atoms with Gasteiger partial charge in [0, 0.05) is 19.7 Å². The number of aryl methyl sites for hydroxylation is 1. The molecular formula is C16H23N3O. The molecule has 0 fully saturated rings. The normalized spacial score (nSPS) is 12.3. The molecule has 1 aromatic carbocycles. The molecule has 0 spiro atoms. The number of ether oxygens (including phenoxy) is 1. The third-order valence-electron chi connectivity index (χ3n) is 3.15. The molecule has 20 heavy (non-hydrogen) atoms. The van der Waals surface area contributed by atoms with Gasteiger partial charge in [0.15, 0.2) is 0 Å². The second-order valence-corrected chi connectivity index (χ2v) is 4.87. The summed E-state index contributed by atoms with van der Waals surface area (Å²) in [6.45, 7) is 3.84. The van der Waals surface area contributed by atoms with Crippen LogP contribution in [0.3, 0.4) is 0 Å². The van der Waals surface area contributed by atoms with E-state index in [4.69, 9.17) is 4.74 Å². The van der Waals surface area contributed by atoms with Gasteiger partial charge in [0.05, 0.1) is 18.3 Å². The van der Waals surface area contributed by atoms with E-state index in [1.54, 1.807) is 0 Å². The molecule has 0 aliphatic rings. The molecule has 1 aromatic heterocycles. The van der Waals surface area contributed by atoms with E-state index in [2.05, 4.69) is 23.4 Å². The van der Waals surface area contributed by atoms with E-state index in [1.165, 1.54) is 0 Å². The summed E-state index contributed by atoms with van der Waals surface area (Å²) < 4.78 is 7.61. The van der Waals surface area contributed by atoms with Gasteiger partial charge in [-0.25, -0.2) is 0 Å². The number of para-hydroxylation sites is 1. The molecule has 0 amide bonds. The molecule has 108 valence electrons. The van der Waals surface area contributed by atoms with Crippen LogP contribution in [-0.4, -0.2) is 22.9 Å². The second-order valence-electron chi connectivity index (χ2n) is 4.87. The Morgan fingerprint density at radius 1 is 1.25 bits per heavy atom. The predicted molar refractivity (Wildman–Crippen MR) is 80.8 cm³/mol. The molecule has 0 bridgehead atoms. The lowest BCUT2D eigenvalue weighted by Crippen LogP contribution is -2.24. The van der Waals surface area contributed by atoms with Crippen LogP contribution in [0.15, 0.2) is 42.6 Å². The van der Waals surface area contributed by atoms with E-state index < -0.39 is 0 Å². The van der Waals surface area contributed by atoms with Gasteiger partial charge in [-0.1, -0.05) is 25.1 Å². The van der Waals surface area contributed by atoms with Crippen LogP contribution in [-0.2, 0) is 7.05 Å². The Morgan fingerprint density at radius 3 is 2.70 bits per heavy atom. The van der Waals surface area contributed by atoms with Crippen LogP contribution in [0, 0.1) is 0 Å². The molecule has 0 saturated carbocycles. The van der Waals surface area contributed by atoms with Gasteiger partial charge in [-0.3, -0.25) is 4.68 Å². The molecule has 4 nitrogen and oxygen atoms in total. The van der Waals surface area contributed by atoms with Crippen molar-refractivity contribution in [3.63, 3.8) is 0 Å². The summed E-state index contributed by atoms with van der Waals surface area (Å²) in [5.74, 6) is 0.919. The van der Waals surface area contributed by atoms with Crippen LogP contribution in [0.5, 0.6) is 5.75 Å². The molecule has 2 aromatic rings. The Kier molecular flexibility index (Phi) is 5.62. The number of rotatable bonds is 8. The van der Waals surface area contributed by atoms with Gasteiger partial charge in [0.25, 0.3) is 0 Å². The average molecular weight is 273 g/mol. The summed E-state index contributed by atoms with van der Waals surface area (Å²) in [5, 5.41) is 8.02. The molecule has 4 heteroatoms. The van der Waals surface area contributed by atoms with Gasteiger partial charge in [-0.2, -0.15) is 5.10 Å². The first-order valence-electron chi connectivity index (χ1n) is 7.20. The van der Waals surface area contributed by atoms with Crippen LogP contribution in [0.4, 0.5) is 0 Å². The summed E-state index contributed by atoms with van der Waals surface area (Å²) >= 11 is 0. The fourth-order valence-electron chi connectivity index (χ4n) is 2.10. The van der Waals surface area contributed by atoms with Gasteiger partial charge < -0.3 is 10.1 Å². The third-order valence-corrected chi connectivity index (χ3v) is 3.15. The SMILES string of the molecule is CCCNC(CCOc1ccccc1)c1ccn(C)n1. The Labute approximate surface area is 120 Å².